The van der Waals surface area contributed by atoms with Gasteiger partial charge in [0.15, 0.2) is 16.6 Å². The maximum absolute atomic E-state index is 11.6. The quantitative estimate of drug-likeness (QED) is 0.426. The van der Waals surface area contributed by atoms with Crippen molar-refractivity contribution < 1.29 is 13.6 Å². The summed E-state index contributed by atoms with van der Waals surface area (Å²) in [4.78, 5) is 11.6. The Bertz CT molecular complexity index is 522. The van der Waals surface area contributed by atoms with Gasteiger partial charge in [0.1, 0.15) is 6.29 Å². The molecule has 0 aromatic heterocycles. The van der Waals surface area contributed by atoms with Gasteiger partial charge in [0.2, 0.25) is 0 Å². The standard InChI is InChI=1S/C20H40O3Si2/c1-15-16(14-21)12-17(22-24(8,9)19(2,3)4)13-18(15)23-25(10,11)20(5,6)7/h14,17-18H,12-13H2,1-11H3/t17-,18+/m1/s1. The first-order chi connectivity index (χ1) is 11.0. The molecular weight excluding hydrogens is 344 g/mol. The van der Waals surface area contributed by atoms with Crippen LogP contribution in [0.15, 0.2) is 11.1 Å². The fraction of sp³-hybridized carbons (Fsp3) is 0.850. The topological polar surface area (TPSA) is 35.5 Å². The van der Waals surface area contributed by atoms with Crippen LogP contribution >= 0.6 is 0 Å². The number of carbonyl (C=O) groups is 1. The summed E-state index contributed by atoms with van der Waals surface area (Å²) in [6, 6.07) is 0. The Morgan fingerprint density at radius 1 is 0.920 bits per heavy atom. The van der Waals surface area contributed by atoms with Gasteiger partial charge in [-0.05, 0) is 54.3 Å². The van der Waals surface area contributed by atoms with Gasteiger partial charge in [-0.2, -0.15) is 0 Å². The Balaban J connectivity index is 3.06. The van der Waals surface area contributed by atoms with E-state index in [9.17, 15) is 4.79 Å². The highest BCUT2D eigenvalue weighted by molar-refractivity contribution is 6.74. The van der Waals surface area contributed by atoms with Crippen molar-refractivity contribution in [3.63, 3.8) is 0 Å². The molecule has 2 atom stereocenters. The highest BCUT2D eigenvalue weighted by atomic mass is 28.4. The summed E-state index contributed by atoms with van der Waals surface area (Å²) in [6.45, 7) is 24.7. The van der Waals surface area contributed by atoms with Crippen LogP contribution in [0.25, 0.3) is 0 Å². The van der Waals surface area contributed by atoms with Crippen molar-refractivity contribution in [3.8, 4) is 0 Å². The molecule has 0 amide bonds. The summed E-state index contributed by atoms with van der Waals surface area (Å²) in [7, 11) is -3.76. The predicted octanol–water partition coefficient (Wildman–Crippen LogP) is 6.08. The first-order valence-corrected chi connectivity index (χ1v) is 15.3. The molecule has 0 aliphatic heterocycles. The minimum absolute atomic E-state index is 0.00427. The van der Waals surface area contributed by atoms with Crippen LogP contribution in [0.3, 0.4) is 0 Å². The molecule has 0 bridgehead atoms. The van der Waals surface area contributed by atoms with E-state index < -0.39 is 16.6 Å². The van der Waals surface area contributed by atoms with Crippen LogP contribution in [-0.2, 0) is 13.6 Å². The molecule has 0 heterocycles. The van der Waals surface area contributed by atoms with E-state index in [2.05, 4.69) is 74.7 Å². The van der Waals surface area contributed by atoms with E-state index in [0.29, 0.717) is 0 Å². The zero-order valence-corrected chi connectivity index (χ0v) is 20.4. The third-order valence-corrected chi connectivity index (χ3v) is 15.6. The Kier molecular flexibility index (Phi) is 6.76. The Hall–Kier alpha value is -0.236. The number of rotatable bonds is 5. The van der Waals surface area contributed by atoms with Gasteiger partial charge in [-0.1, -0.05) is 41.5 Å². The van der Waals surface area contributed by atoms with Crippen molar-refractivity contribution in [1.82, 2.24) is 0 Å². The second kappa shape index (κ2) is 7.41. The van der Waals surface area contributed by atoms with E-state index in [1.54, 1.807) is 0 Å². The molecular formula is C20H40O3Si2. The molecule has 0 radical (unpaired) electrons. The lowest BCUT2D eigenvalue weighted by molar-refractivity contribution is -0.105. The first-order valence-electron chi connectivity index (χ1n) is 9.52. The van der Waals surface area contributed by atoms with Crippen LogP contribution in [-0.4, -0.2) is 35.1 Å². The van der Waals surface area contributed by atoms with Crippen LogP contribution in [0, 0.1) is 0 Å². The first kappa shape index (κ1) is 22.8. The summed E-state index contributed by atoms with van der Waals surface area (Å²) in [6.07, 6.45) is 2.68. The summed E-state index contributed by atoms with van der Waals surface area (Å²) in [5.41, 5.74) is 1.98. The summed E-state index contributed by atoms with van der Waals surface area (Å²) >= 11 is 0. The van der Waals surface area contributed by atoms with E-state index in [1.807, 2.05) is 0 Å². The average Bonchev–Trinajstić information content (AvgIpc) is 2.38. The molecule has 0 fully saturated rings. The molecule has 0 unspecified atom stereocenters. The highest BCUT2D eigenvalue weighted by Crippen LogP contribution is 2.42. The lowest BCUT2D eigenvalue weighted by Crippen LogP contribution is -2.49. The van der Waals surface area contributed by atoms with Crippen molar-refractivity contribution in [1.29, 1.82) is 0 Å². The van der Waals surface area contributed by atoms with Gasteiger partial charge in [-0.15, -0.1) is 0 Å². The molecule has 0 saturated heterocycles. The molecule has 5 heteroatoms. The maximum atomic E-state index is 11.6. The zero-order valence-electron chi connectivity index (χ0n) is 18.4. The van der Waals surface area contributed by atoms with Gasteiger partial charge in [-0.25, -0.2) is 0 Å². The number of hydrogen-bond acceptors (Lipinski definition) is 3. The third kappa shape index (κ3) is 5.37. The Morgan fingerprint density at radius 3 is 1.76 bits per heavy atom. The minimum Gasteiger partial charge on any atom is -0.413 e. The van der Waals surface area contributed by atoms with Crippen LogP contribution in [0.5, 0.6) is 0 Å². The van der Waals surface area contributed by atoms with E-state index in [4.69, 9.17) is 8.85 Å². The van der Waals surface area contributed by atoms with E-state index in [-0.39, 0.29) is 22.3 Å². The SMILES string of the molecule is CC1=C(C=O)C[C@@H](O[Si](C)(C)C(C)(C)C)C[C@@H]1O[Si](C)(C)C(C)(C)C. The van der Waals surface area contributed by atoms with Gasteiger partial charge >= 0.3 is 0 Å². The van der Waals surface area contributed by atoms with Gasteiger partial charge < -0.3 is 8.85 Å². The normalized spacial score (nSPS) is 23.8. The Labute approximate surface area is 157 Å². The van der Waals surface area contributed by atoms with Crippen LogP contribution < -0.4 is 0 Å². The maximum Gasteiger partial charge on any atom is 0.192 e. The number of carbonyl (C=O) groups excluding carboxylic acids is 1. The van der Waals surface area contributed by atoms with Crippen molar-refractivity contribution in [2.45, 2.75) is 110 Å². The fourth-order valence-corrected chi connectivity index (χ4v) is 5.31. The second-order valence-electron chi connectivity index (χ2n) is 10.6. The molecule has 0 N–H and O–H groups in total. The molecule has 1 aliphatic carbocycles. The van der Waals surface area contributed by atoms with Crippen molar-refractivity contribution >= 4 is 22.9 Å². The molecule has 0 saturated carbocycles. The van der Waals surface area contributed by atoms with Gasteiger partial charge in [0.05, 0.1) is 12.2 Å². The average molecular weight is 385 g/mol. The third-order valence-electron chi connectivity index (χ3n) is 6.57. The lowest BCUT2D eigenvalue weighted by atomic mass is 9.89. The number of hydrogen-bond donors (Lipinski definition) is 0. The predicted molar refractivity (Wildman–Crippen MR) is 112 cm³/mol. The summed E-state index contributed by atoms with van der Waals surface area (Å²) in [5.74, 6) is 0. The molecule has 25 heavy (non-hydrogen) atoms. The van der Waals surface area contributed by atoms with Gasteiger partial charge in [0, 0.05) is 12.8 Å². The van der Waals surface area contributed by atoms with Gasteiger partial charge in [0.25, 0.3) is 0 Å². The molecule has 0 aromatic rings. The summed E-state index contributed by atoms with van der Waals surface area (Å²) < 4.78 is 13.3. The largest absolute Gasteiger partial charge is 0.413 e. The van der Waals surface area contributed by atoms with E-state index in [1.165, 1.54) is 0 Å². The van der Waals surface area contributed by atoms with E-state index in [0.717, 1.165) is 30.3 Å². The van der Waals surface area contributed by atoms with Crippen molar-refractivity contribution in [3.05, 3.63) is 11.1 Å². The van der Waals surface area contributed by atoms with Gasteiger partial charge in [-0.3, -0.25) is 4.79 Å². The molecule has 146 valence electrons. The van der Waals surface area contributed by atoms with Crippen molar-refractivity contribution in [2.24, 2.45) is 0 Å². The monoisotopic (exact) mass is 384 g/mol. The minimum atomic E-state index is -1.90. The summed E-state index contributed by atoms with van der Waals surface area (Å²) in [5, 5.41) is 0.322. The zero-order chi connectivity index (χ0) is 19.8. The molecule has 3 nitrogen and oxygen atoms in total. The fourth-order valence-electron chi connectivity index (χ4n) is 2.61. The molecule has 0 aromatic carbocycles. The lowest BCUT2D eigenvalue weighted by Gasteiger charge is -2.44. The molecule has 1 rings (SSSR count). The second-order valence-corrected chi connectivity index (χ2v) is 20.1. The smallest absolute Gasteiger partial charge is 0.192 e. The Morgan fingerprint density at radius 2 is 1.36 bits per heavy atom. The molecule has 1 aliphatic rings. The van der Waals surface area contributed by atoms with Crippen LogP contribution in [0.4, 0.5) is 0 Å². The number of aldehydes is 1. The van der Waals surface area contributed by atoms with E-state index >= 15 is 0 Å². The van der Waals surface area contributed by atoms with Crippen LogP contribution in [0.2, 0.25) is 36.3 Å². The highest BCUT2D eigenvalue weighted by Gasteiger charge is 2.44. The van der Waals surface area contributed by atoms with Crippen LogP contribution in [0.1, 0.15) is 61.3 Å². The van der Waals surface area contributed by atoms with Crippen molar-refractivity contribution in [2.75, 3.05) is 0 Å². The molecule has 0 spiro atoms.